The van der Waals surface area contributed by atoms with Crippen LogP contribution in [0.1, 0.15) is 23.1 Å². The molecule has 0 saturated carbocycles. The van der Waals surface area contributed by atoms with Crippen LogP contribution in [-0.2, 0) is 11.2 Å². The number of benzene rings is 2. The van der Waals surface area contributed by atoms with Gasteiger partial charge in [-0.3, -0.25) is 4.79 Å². The van der Waals surface area contributed by atoms with Crippen molar-refractivity contribution >= 4 is 27.5 Å². The van der Waals surface area contributed by atoms with Gasteiger partial charge in [0.25, 0.3) is 0 Å². The van der Waals surface area contributed by atoms with Crippen LogP contribution in [0.25, 0.3) is 0 Å². The molecule has 1 amide bonds. The molecule has 0 bridgehead atoms. The summed E-state index contributed by atoms with van der Waals surface area (Å²) < 4.78 is 1.01. The Hall–Kier alpha value is -1.61. The predicted molar refractivity (Wildman–Crippen MR) is 87.0 cm³/mol. The van der Waals surface area contributed by atoms with Gasteiger partial charge >= 0.3 is 0 Å². The zero-order chi connectivity index (χ0) is 14.5. The Balaban J connectivity index is 1.89. The average molecular weight is 332 g/mol. The van der Waals surface area contributed by atoms with E-state index in [4.69, 9.17) is 0 Å². The van der Waals surface area contributed by atoms with Gasteiger partial charge in [0.05, 0.1) is 0 Å². The van der Waals surface area contributed by atoms with Crippen LogP contribution in [-0.4, -0.2) is 5.91 Å². The number of anilines is 1. The van der Waals surface area contributed by atoms with Crippen LogP contribution >= 0.6 is 15.9 Å². The maximum absolute atomic E-state index is 11.9. The van der Waals surface area contributed by atoms with Crippen molar-refractivity contribution in [3.8, 4) is 0 Å². The van der Waals surface area contributed by atoms with Crippen molar-refractivity contribution in [2.45, 2.75) is 26.7 Å². The lowest BCUT2D eigenvalue weighted by molar-refractivity contribution is -0.116. The van der Waals surface area contributed by atoms with Crippen molar-refractivity contribution in [2.24, 2.45) is 0 Å². The number of hydrogen-bond donors (Lipinski definition) is 1. The molecule has 0 aliphatic rings. The SMILES string of the molecule is Cc1ccc(CCC(=O)Nc2ccc(C)c(Br)c2)cc1. The third-order valence-corrected chi connectivity index (χ3v) is 4.07. The van der Waals surface area contributed by atoms with Gasteiger partial charge in [-0.05, 0) is 43.5 Å². The summed E-state index contributed by atoms with van der Waals surface area (Å²) in [5, 5.41) is 2.92. The van der Waals surface area contributed by atoms with Crippen LogP contribution in [0.15, 0.2) is 46.9 Å². The highest BCUT2D eigenvalue weighted by atomic mass is 79.9. The first-order chi connectivity index (χ1) is 9.54. The molecule has 0 atom stereocenters. The van der Waals surface area contributed by atoms with E-state index in [0.717, 1.165) is 22.1 Å². The molecule has 0 heterocycles. The third-order valence-electron chi connectivity index (χ3n) is 3.22. The molecule has 0 aliphatic carbocycles. The number of nitrogens with one attached hydrogen (secondary N) is 1. The highest BCUT2D eigenvalue weighted by Gasteiger charge is 2.04. The van der Waals surface area contributed by atoms with E-state index in [1.54, 1.807) is 0 Å². The Morgan fingerprint density at radius 1 is 1.10 bits per heavy atom. The number of amides is 1. The Morgan fingerprint density at radius 3 is 2.45 bits per heavy atom. The number of aryl methyl sites for hydroxylation is 3. The first kappa shape index (κ1) is 14.8. The quantitative estimate of drug-likeness (QED) is 0.868. The van der Waals surface area contributed by atoms with E-state index in [-0.39, 0.29) is 5.91 Å². The predicted octanol–water partition coefficient (Wildman–Crippen LogP) is 4.64. The molecular weight excluding hydrogens is 314 g/mol. The van der Waals surface area contributed by atoms with Gasteiger partial charge in [0.2, 0.25) is 5.91 Å². The highest BCUT2D eigenvalue weighted by Crippen LogP contribution is 2.20. The summed E-state index contributed by atoms with van der Waals surface area (Å²) in [6, 6.07) is 14.1. The molecule has 0 fully saturated rings. The van der Waals surface area contributed by atoms with Gasteiger partial charge in [0, 0.05) is 16.6 Å². The summed E-state index contributed by atoms with van der Waals surface area (Å²) in [6.07, 6.45) is 1.26. The summed E-state index contributed by atoms with van der Waals surface area (Å²) in [5.41, 5.74) is 4.41. The van der Waals surface area contributed by atoms with Crippen LogP contribution in [0, 0.1) is 13.8 Å². The van der Waals surface area contributed by atoms with Crippen molar-refractivity contribution < 1.29 is 4.79 Å². The van der Waals surface area contributed by atoms with Gasteiger partial charge in [-0.1, -0.05) is 51.8 Å². The van der Waals surface area contributed by atoms with Gasteiger partial charge in [-0.15, -0.1) is 0 Å². The molecule has 0 unspecified atom stereocenters. The zero-order valence-electron chi connectivity index (χ0n) is 11.7. The Morgan fingerprint density at radius 2 is 1.80 bits per heavy atom. The van der Waals surface area contributed by atoms with Gasteiger partial charge in [-0.2, -0.15) is 0 Å². The molecule has 0 radical (unpaired) electrons. The molecule has 3 heteroatoms. The van der Waals surface area contributed by atoms with Crippen molar-refractivity contribution in [2.75, 3.05) is 5.32 Å². The van der Waals surface area contributed by atoms with Gasteiger partial charge < -0.3 is 5.32 Å². The Kier molecular flexibility index (Phi) is 4.96. The van der Waals surface area contributed by atoms with Crippen molar-refractivity contribution in [3.63, 3.8) is 0 Å². The molecule has 0 aliphatic heterocycles. The molecule has 20 heavy (non-hydrogen) atoms. The molecule has 1 N–H and O–H groups in total. The fourth-order valence-corrected chi connectivity index (χ4v) is 2.29. The number of halogens is 1. The maximum Gasteiger partial charge on any atom is 0.224 e. The fraction of sp³-hybridized carbons (Fsp3) is 0.235. The minimum Gasteiger partial charge on any atom is -0.326 e. The normalized spacial score (nSPS) is 10.3. The van der Waals surface area contributed by atoms with E-state index in [0.29, 0.717) is 6.42 Å². The topological polar surface area (TPSA) is 29.1 Å². The van der Waals surface area contributed by atoms with Gasteiger partial charge in [0.15, 0.2) is 0 Å². The second-order valence-corrected chi connectivity index (χ2v) is 5.85. The summed E-state index contributed by atoms with van der Waals surface area (Å²) in [7, 11) is 0. The summed E-state index contributed by atoms with van der Waals surface area (Å²) in [5.74, 6) is 0.0429. The molecule has 2 aromatic carbocycles. The third kappa shape index (κ3) is 4.20. The summed E-state index contributed by atoms with van der Waals surface area (Å²) in [4.78, 5) is 11.9. The number of rotatable bonds is 4. The molecule has 0 aromatic heterocycles. The Labute approximate surface area is 128 Å². The average Bonchev–Trinajstić information content (AvgIpc) is 2.42. The van der Waals surface area contributed by atoms with Crippen molar-refractivity contribution in [1.29, 1.82) is 0 Å². The minimum atomic E-state index is 0.0429. The number of hydrogen-bond acceptors (Lipinski definition) is 1. The largest absolute Gasteiger partial charge is 0.326 e. The molecule has 0 saturated heterocycles. The molecule has 104 valence electrons. The maximum atomic E-state index is 11.9. The van der Waals surface area contributed by atoms with Crippen LogP contribution in [0.5, 0.6) is 0 Å². The van der Waals surface area contributed by atoms with E-state index in [1.807, 2.05) is 25.1 Å². The molecule has 2 rings (SSSR count). The second kappa shape index (κ2) is 6.71. The smallest absolute Gasteiger partial charge is 0.224 e. The van der Waals surface area contributed by atoms with E-state index in [9.17, 15) is 4.79 Å². The summed E-state index contributed by atoms with van der Waals surface area (Å²) in [6.45, 7) is 4.08. The van der Waals surface area contributed by atoms with Crippen LogP contribution in [0.2, 0.25) is 0 Å². The van der Waals surface area contributed by atoms with Crippen LogP contribution in [0.4, 0.5) is 5.69 Å². The fourth-order valence-electron chi connectivity index (χ4n) is 1.91. The standard InChI is InChI=1S/C17H18BrNO/c1-12-3-6-14(7-4-12)8-10-17(20)19-15-9-5-13(2)16(18)11-15/h3-7,9,11H,8,10H2,1-2H3,(H,19,20). The molecule has 2 aromatic rings. The van der Waals surface area contributed by atoms with Gasteiger partial charge in [0.1, 0.15) is 0 Å². The number of carbonyl (C=O) groups excluding carboxylic acids is 1. The molecule has 0 spiro atoms. The monoisotopic (exact) mass is 331 g/mol. The first-order valence-corrected chi connectivity index (χ1v) is 7.45. The van der Waals surface area contributed by atoms with Crippen molar-refractivity contribution in [3.05, 3.63) is 63.6 Å². The number of carbonyl (C=O) groups is 1. The summed E-state index contributed by atoms with van der Waals surface area (Å²) >= 11 is 3.47. The minimum absolute atomic E-state index is 0.0429. The lowest BCUT2D eigenvalue weighted by atomic mass is 10.1. The first-order valence-electron chi connectivity index (χ1n) is 6.66. The van der Waals surface area contributed by atoms with Gasteiger partial charge in [-0.25, -0.2) is 0 Å². The molecular formula is C17H18BrNO. The van der Waals surface area contributed by atoms with Crippen LogP contribution < -0.4 is 5.32 Å². The lowest BCUT2D eigenvalue weighted by Gasteiger charge is -2.07. The van der Waals surface area contributed by atoms with E-state index in [1.165, 1.54) is 11.1 Å². The van der Waals surface area contributed by atoms with Crippen LogP contribution in [0.3, 0.4) is 0 Å². The van der Waals surface area contributed by atoms with E-state index >= 15 is 0 Å². The molecule has 2 nitrogen and oxygen atoms in total. The van der Waals surface area contributed by atoms with E-state index < -0.39 is 0 Å². The Bertz CT molecular complexity index is 605. The highest BCUT2D eigenvalue weighted by molar-refractivity contribution is 9.10. The van der Waals surface area contributed by atoms with Crippen molar-refractivity contribution in [1.82, 2.24) is 0 Å². The van der Waals surface area contributed by atoms with E-state index in [2.05, 4.69) is 52.4 Å². The second-order valence-electron chi connectivity index (χ2n) is 5.00. The lowest BCUT2D eigenvalue weighted by Crippen LogP contribution is -2.12. The zero-order valence-corrected chi connectivity index (χ0v) is 13.3.